The van der Waals surface area contributed by atoms with Gasteiger partial charge in [-0.2, -0.15) is 4.99 Å². The first-order valence-corrected chi connectivity index (χ1v) is 5.09. The number of nitrogens with zero attached hydrogens (tertiary/aromatic N) is 1. The summed E-state index contributed by atoms with van der Waals surface area (Å²) in [5.74, 6) is -0.342. The van der Waals surface area contributed by atoms with Gasteiger partial charge in [0.25, 0.3) is 5.91 Å². The van der Waals surface area contributed by atoms with Crippen LogP contribution in [0.3, 0.4) is 0 Å². The maximum atomic E-state index is 11.3. The number of amides is 1. The normalized spacial score (nSPS) is 10.6. The van der Waals surface area contributed by atoms with Gasteiger partial charge in [-0.1, -0.05) is 32.9 Å². The van der Waals surface area contributed by atoms with E-state index in [2.05, 4.69) is 43.1 Å². The Balaban J connectivity index is 3.00. The van der Waals surface area contributed by atoms with E-state index in [9.17, 15) is 4.79 Å². The standard InChI is InChI=1S/C12H13NOS/c1-12(2,3)10-6-4-9(5-7-10)11(14)13-8-15/h4-7H,1-3H3. The molecule has 0 radical (unpaired) electrons. The van der Waals surface area contributed by atoms with Crippen LogP contribution in [0.1, 0.15) is 36.7 Å². The maximum absolute atomic E-state index is 11.3. The van der Waals surface area contributed by atoms with Crippen molar-refractivity contribution in [3.05, 3.63) is 35.4 Å². The summed E-state index contributed by atoms with van der Waals surface area (Å²) in [5, 5.41) is 2.07. The molecular formula is C12H13NOS. The van der Waals surface area contributed by atoms with Crippen LogP contribution in [0.25, 0.3) is 0 Å². The Hall–Kier alpha value is -1.31. The molecule has 0 saturated heterocycles. The number of carbonyl (C=O) groups is 1. The molecule has 0 fully saturated rings. The van der Waals surface area contributed by atoms with Crippen molar-refractivity contribution in [1.29, 1.82) is 0 Å². The van der Waals surface area contributed by atoms with Gasteiger partial charge in [-0.05, 0) is 35.3 Å². The highest BCUT2D eigenvalue weighted by atomic mass is 32.1. The van der Waals surface area contributed by atoms with Crippen LogP contribution in [0.5, 0.6) is 0 Å². The lowest BCUT2D eigenvalue weighted by molar-refractivity contribution is 0.100. The van der Waals surface area contributed by atoms with Crippen LogP contribution >= 0.6 is 12.2 Å². The average molecular weight is 219 g/mol. The second kappa shape index (κ2) is 4.47. The van der Waals surface area contributed by atoms with Crippen LogP contribution in [0, 0.1) is 0 Å². The predicted octanol–water partition coefficient (Wildman–Crippen LogP) is 3.23. The first-order valence-electron chi connectivity index (χ1n) is 4.68. The number of hydrogen-bond donors (Lipinski definition) is 0. The highest BCUT2D eigenvalue weighted by Gasteiger charge is 2.13. The number of hydrogen-bond acceptors (Lipinski definition) is 2. The summed E-state index contributed by atoms with van der Waals surface area (Å²) in [6.07, 6.45) is 0. The van der Waals surface area contributed by atoms with Crippen molar-refractivity contribution in [2.75, 3.05) is 0 Å². The Morgan fingerprint density at radius 2 is 1.80 bits per heavy atom. The van der Waals surface area contributed by atoms with Crippen LogP contribution in [0.2, 0.25) is 0 Å². The van der Waals surface area contributed by atoms with Crippen LogP contribution in [0.15, 0.2) is 29.3 Å². The van der Waals surface area contributed by atoms with Gasteiger partial charge in [0.2, 0.25) is 0 Å². The minimum absolute atomic E-state index is 0.0922. The molecule has 2 nitrogen and oxygen atoms in total. The van der Waals surface area contributed by atoms with Crippen molar-refractivity contribution in [1.82, 2.24) is 0 Å². The third kappa shape index (κ3) is 3.08. The first kappa shape index (κ1) is 11.8. The van der Waals surface area contributed by atoms with Gasteiger partial charge >= 0.3 is 0 Å². The average Bonchev–Trinajstić information content (AvgIpc) is 2.17. The van der Waals surface area contributed by atoms with E-state index in [1.54, 1.807) is 12.1 Å². The smallest absolute Gasteiger partial charge is 0.266 e. The second-order valence-electron chi connectivity index (χ2n) is 4.34. The Morgan fingerprint density at radius 1 is 1.27 bits per heavy atom. The van der Waals surface area contributed by atoms with E-state index in [4.69, 9.17) is 0 Å². The van der Waals surface area contributed by atoms with Crippen molar-refractivity contribution >= 4 is 23.3 Å². The fourth-order valence-electron chi connectivity index (χ4n) is 1.22. The molecule has 1 rings (SSSR count). The highest BCUT2D eigenvalue weighted by molar-refractivity contribution is 7.78. The van der Waals surface area contributed by atoms with Gasteiger partial charge in [-0.15, -0.1) is 0 Å². The maximum Gasteiger partial charge on any atom is 0.285 e. The minimum Gasteiger partial charge on any atom is -0.266 e. The number of rotatable bonds is 1. The predicted molar refractivity (Wildman–Crippen MR) is 64.5 cm³/mol. The quantitative estimate of drug-likeness (QED) is 0.536. The summed E-state index contributed by atoms with van der Waals surface area (Å²) >= 11 is 4.38. The Bertz CT molecular complexity index is 408. The highest BCUT2D eigenvalue weighted by Crippen LogP contribution is 2.22. The lowest BCUT2D eigenvalue weighted by Crippen LogP contribution is -2.11. The molecule has 1 aromatic rings. The lowest BCUT2D eigenvalue weighted by Gasteiger charge is -2.18. The number of isothiocyanates is 1. The molecule has 0 unspecified atom stereocenters. The largest absolute Gasteiger partial charge is 0.285 e. The molecule has 3 heteroatoms. The number of aliphatic imine (C=N–C) groups is 1. The Morgan fingerprint density at radius 3 is 2.20 bits per heavy atom. The summed E-state index contributed by atoms with van der Waals surface area (Å²) in [5.41, 5.74) is 1.82. The molecule has 0 atom stereocenters. The van der Waals surface area contributed by atoms with E-state index < -0.39 is 0 Å². The SMILES string of the molecule is CC(C)(C)c1ccc(C(=O)N=C=S)cc1. The zero-order valence-electron chi connectivity index (χ0n) is 9.07. The monoisotopic (exact) mass is 219 g/mol. The number of carbonyl (C=O) groups excluding carboxylic acids is 1. The molecule has 1 aromatic carbocycles. The molecule has 15 heavy (non-hydrogen) atoms. The Labute approximate surface area is 95.0 Å². The topological polar surface area (TPSA) is 29.4 Å². The summed E-state index contributed by atoms with van der Waals surface area (Å²) in [7, 11) is 0. The molecule has 0 aliphatic carbocycles. The number of thiocarbonyl (C=S) groups is 1. The third-order valence-corrected chi connectivity index (χ3v) is 2.24. The summed E-state index contributed by atoms with van der Waals surface area (Å²) < 4.78 is 0. The second-order valence-corrected chi connectivity index (χ2v) is 4.52. The van der Waals surface area contributed by atoms with E-state index >= 15 is 0 Å². The van der Waals surface area contributed by atoms with Crippen molar-refractivity contribution in [2.24, 2.45) is 4.99 Å². The number of benzene rings is 1. The first-order chi connectivity index (χ1) is 6.95. The van der Waals surface area contributed by atoms with E-state index in [0.717, 1.165) is 0 Å². The van der Waals surface area contributed by atoms with Gasteiger partial charge in [0, 0.05) is 5.56 Å². The molecule has 0 aliphatic rings. The fraction of sp³-hybridized carbons (Fsp3) is 0.333. The van der Waals surface area contributed by atoms with Crippen molar-refractivity contribution in [3.8, 4) is 0 Å². The molecule has 0 spiro atoms. The van der Waals surface area contributed by atoms with Gasteiger partial charge in [-0.25, -0.2) is 0 Å². The van der Waals surface area contributed by atoms with Gasteiger partial charge in [0.15, 0.2) is 0 Å². The molecule has 1 amide bonds. The summed E-state index contributed by atoms with van der Waals surface area (Å²) in [6, 6.07) is 7.40. The summed E-state index contributed by atoms with van der Waals surface area (Å²) in [6.45, 7) is 6.37. The molecule has 78 valence electrons. The summed E-state index contributed by atoms with van der Waals surface area (Å²) in [4.78, 5) is 14.7. The third-order valence-electron chi connectivity index (χ3n) is 2.15. The lowest BCUT2D eigenvalue weighted by atomic mass is 9.87. The molecule has 0 N–H and O–H groups in total. The molecule has 0 aliphatic heterocycles. The van der Waals surface area contributed by atoms with E-state index in [1.165, 1.54) is 5.56 Å². The van der Waals surface area contributed by atoms with E-state index in [-0.39, 0.29) is 11.3 Å². The van der Waals surface area contributed by atoms with Gasteiger partial charge in [0.05, 0.1) is 5.16 Å². The van der Waals surface area contributed by atoms with Gasteiger partial charge in [0.1, 0.15) is 0 Å². The van der Waals surface area contributed by atoms with E-state index in [1.807, 2.05) is 12.1 Å². The van der Waals surface area contributed by atoms with Crippen LogP contribution in [-0.2, 0) is 5.41 Å². The van der Waals surface area contributed by atoms with Gasteiger partial charge in [-0.3, -0.25) is 4.79 Å². The molecule has 0 saturated carbocycles. The van der Waals surface area contributed by atoms with Crippen LogP contribution in [-0.4, -0.2) is 11.1 Å². The van der Waals surface area contributed by atoms with E-state index in [0.29, 0.717) is 5.56 Å². The van der Waals surface area contributed by atoms with Crippen molar-refractivity contribution in [2.45, 2.75) is 26.2 Å². The zero-order chi connectivity index (χ0) is 11.5. The minimum atomic E-state index is -0.342. The molecular weight excluding hydrogens is 206 g/mol. The van der Waals surface area contributed by atoms with Crippen LogP contribution in [0.4, 0.5) is 0 Å². The van der Waals surface area contributed by atoms with Crippen LogP contribution < -0.4 is 0 Å². The molecule has 0 aromatic heterocycles. The van der Waals surface area contributed by atoms with Gasteiger partial charge < -0.3 is 0 Å². The molecule has 0 bridgehead atoms. The Kier molecular flexibility index (Phi) is 3.51. The van der Waals surface area contributed by atoms with Crippen molar-refractivity contribution < 1.29 is 4.79 Å². The van der Waals surface area contributed by atoms with Crippen molar-refractivity contribution in [3.63, 3.8) is 0 Å². The molecule has 0 heterocycles. The fourth-order valence-corrected chi connectivity index (χ4v) is 1.30. The zero-order valence-corrected chi connectivity index (χ0v) is 9.89.